The average Bonchev–Trinajstić information content (AvgIpc) is 3.96. The van der Waals surface area contributed by atoms with Gasteiger partial charge in [0.1, 0.15) is 16.9 Å². The molecule has 7 aromatic carbocycles. The maximum Gasteiger partial charge on any atom is 0.184 e. The molecule has 12 aromatic rings. The first-order chi connectivity index (χ1) is 28.2. The van der Waals surface area contributed by atoms with Crippen molar-refractivity contribution in [3.05, 3.63) is 170 Å². The largest absolute Gasteiger partial charge is 0.456 e. The molecule has 0 N–H and O–H groups in total. The zero-order valence-electron chi connectivity index (χ0n) is 30.2. The molecule has 5 heterocycles. The lowest BCUT2D eigenvalue weighted by atomic mass is 10.1. The van der Waals surface area contributed by atoms with E-state index in [4.69, 9.17) is 29.3 Å². The van der Waals surface area contributed by atoms with E-state index in [-0.39, 0.29) is 0 Å². The van der Waals surface area contributed by atoms with Crippen LogP contribution in [0.4, 0.5) is 0 Å². The van der Waals surface area contributed by atoms with Gasteiger partial charge in [-0.05, 0) is 54.6 Å². The predicted octanol–water partition coefficient (Wildman–Crippen LogP) is 12.7. The van der Waals surface area contributed by atoms with Crippen molar-refractivity contribution in [1.29, 1.82) is 0 Å². The molecule has 0 unspecified atom stereocenters. The number of rotatable bonds is 5. The van der Waals surface area contributed by atoms with E-state index in [1.54, 1.807) is 11.3 Å². The monoisotopic (exact) mass is 748 g/mol. The van der Waals surface area contributed by atoms with Crippen molar-refractivity contribution in [3.8, 4) is 51.4 Å². The molecule has 266 valence electrons. The number of aromatic nitrogens is 6. The Morgan fingerprint density at radius 2 is 1.11 bits per heavy atom. The van der Waals surface area contributed by atoms with E-state index in [0.717, 1.165) is 86.4 Å². The number of hydrogen-bond acceptors (Lipinski definition) is 7. The van der Waals surface area contributed by atoms with Gasteiger partial charge in [0.15, 0.2) is 23.3 Å². The van der Waals surface area contributed by atoms with Crippen LogP contribution < -0.4 is 0 Å². The molecule has 12 rings (SSSR count). The van der Waals surface area contributed by atoms with Crippen LogP contribution in [0.25, 0.3) is 115 Å². The lowest BCUT2D eigenvalue weighted by molar-refractivity contribution is 0.669. The molecule has 0 bridgehead atoms. The second-order valence-electron chi connectivity index (χ2n) is 14.0. The van der Waals surface area contributed by atoms with Gasteiger partial charge in [0, 0.05) is 54.0 Å². The molecule has 7 nitrogen and oxygen atoms in total. The zero-order valence-corrected chi connectivity index (χ0v) is 31.0. The van der Waals surface area contributed by atoms with Gasteiger partial charge in [-0.15, -0.1) is 11.3 Å². The van der Waals surface area contributed by atoms with E-state index in [0.29, 0.717) is 29.0 Å². The Morgan fingerprint density at radius 3 is 1.98 bits per heavy atom. The molecule has 57 heavy (non-hydrogen) atoms. The maximum atomic E-state index is 6.29. The molecule has 0 saturated heterocycles. The number of hydrogen-bond donors (Lipinski definition) is 0. The van der Waals surface area contributed by atoms with Gasteiger partial charge in [0.05, 0.1) is 21.3 Å². The average molecular weight is 749 g/mol. The molecule has 0 aliphatic heterocycles. The van der Waals surface area contributed by atoms with Crippen molar-refractivity contribution in [2.45, 2.75) is 0 Å². The Balaban J connectivity index is 1.13. The van der Waals surface area contributed by atoms with Crippen LogP contribution in [0.5, 0.6) is 0 Å². The van der Waals surface area contributed by atoms with Gasteiger partial charge in [-0.3, -0.25) is 0 Å². The maximum absolute atomic E-state index is 6.29. The summed E-state index contributed by atoms with van der Waals surface area (Å²) in [5.41, 5.74) is 9.14. The van der Waals surface area contributed by atoms with Gasteiger partial charge >= 0.3 is 0 Å². The highest BCUT2D eigenvalue weighted by Gasteiger charge is 2.23. The van der Waals surface area contributed by atoms with Crippen LogP contribution in [0, 0.1) is 0 Å². The minimum absolute atomic E-state index is 0.477. The van der Waals surface area contributed by atoms with E-state index < -0.39 is 0 Å². The molecule has 0 aliphatic rings. The Hall–Kier alpha value is -7.55. The number of thiophene rings is 1. The van der Waals surface area contributed by atoms with Crippen LogP contribution in [0.3, 0.4) is 0 Å². The van der Waals surface area contributed by atoms with Crippen molar-refractivity contribution in [3.63, 3.8) is 0 Å². The summed E-state index contributed by atoms with van der Waals surface area (Å²) in [5.74, 6) is 2.18. The number of nitrogens with zero attached hydrogens (tertiary/aromatic N) is 6. The van der Waals surface area contributed by atoms with Crippen LogP contribution in [-0.4, -0.2) is 29.5 Å². The Kier molecular flexibility index (Phi) is 6.96. The lowest BCUT2D eigenvalue weighted by Crippen LogP contribution is -2.03. The molecule has 8 heteroatoms. The second-order valence-corrected chi connectivity index (χ2v) is 15.1. The van der Waals surface area contributed by atoms with Gasteiger partial charge in [0.2, 0.25) is 0 Å². The molecular weight excluding hydrogens is 721 g/mol. The van der Waals surface area contributed by atoms with E-state index in [1.807, 2.05) is 66.7 Å². The van der Waals surface area contributed by atoms with Gasteiger partial charge in [-0.1, -0.05) is 115 Å². The van der Waals surface area contributed by atoms with Crippen LogP contribution in [0.2, 0.25) is 0 Å². The second kappa shape index (κ2) is 12.5. The van der Waals surface area contributed by atoms with Crippen LogP contribution in [-0.2, 0) is 0 Å². The third kappa shape index (κ3) is 5.01. The van der Waals surface area contributed by atoms with Gasteiger partial charge in [-0.2, -0.15) is 0 Å². The van der Waals surface area contributed by atoms with Crippen molar-refractivity contribution in [2.24, 2.45) is 0 Å². The Morgan fingerprint density at radius 1 is 0.439 bits per heavy atom. The Bertz CT molecular complexity index is 3530. The van der Waals surface area contributed by atoms with Crippen LogP contribution in [0.1, 0.15) is 0 Å². The molecular formula is C49H28N6OS. The fourth-order valence-electron chi connectivity index (χ4n) is 8.12. The fraction of sp³-hybridized carbons (Fsp3) is 0. The molecule has 0 saturated carbocycles. The van der Waals surface area contributed by atoms with Gasteiger partial charge in [0.25, 0.3) is 0 Å². The molecule has 5 aromatic heterocycles. The molecule has 0 spiro atoms. The lowest BCUT2D eigenvalue weighted by Gasteiger charge is -2.11. The summed E-state index contributed by atoms with van der Waals surface area (Å²) < 4.78 is 10.7. The Labute approximate surface area is 329 Å². The van der Waals surface area contributed by atoms with Crippen molar-refractivity contribution < 1.29 is 4.42 Å². The summed E-state index contributed by atoms with van der Waals surface area (Å²) in [6, 6.07) is 58.1. The summed E-state index contributed by atoms with van der Waals surface area (Å²) in [7, 11) is 0. The third-order valence-electron chi connectivity index (χ3n) is 10.7. The SMILES string of the molecule is c1ccc(-c2nc(-c3nc(-c4ccc5c(c4)c4ccccc4n5-c4ccccc4)nc4c3sc3ccccc34)nc(-c3cccc4oc5ccccc5c34)n2)cc1. The standard InChI is InChI=1S/C49H28N6OS/c1-3-14-29(15-4-1)46-52-48(35-21-13-24-40-42(35)33-19-8-11-23-39(33)56-40)54-49(53-46)44-45-43(34-20-9-12-25-41(34)57-45)50-47(51-44)30-26-27-38-36(28-30)32-18-7-10-22-37(32)55(38)31-16-5-2-6-17-31/h1-28H. The van der Waals surface area contributed by atoms with Crippen LogP contribution in [0.15, 0.2) is 174 Å². The topological polar surface area (TPSA) is 82.5 Å². The van der Waals surface area contributed by atoms with E-state index in [9.17, 15) is 0 Å². The molecule has 0 fully saturated rings. The number of fused-ring (bicyclic) bond motifs is 9. The highest BCUT2D eigenvalue weighted by molar-refractivity contribution is 7.26. The molecule has 0 radical (unpaired) electrons. The first-order valence-electron chi connectivity index (χ1n) is 18.8. The minimum atomic E-state index is 0.477. The quantitative estimate of drug-likeness (QED) is 0.174. The van der Waals surface area contributed by atoms with Crippen molar-refractivity contribution in [1.82, 2.24) is 29.5 Å². The smallest absolute Gasteiger partial charge is 0.184 e. The first-order valence-corrected chi connectivity index (χ1v) is 19.6. The summed E-state index contributed by atoms with van der Waals surface area (Å²) in [6.45, 7) is 0. The van der Waals surface area contributed by atoms with E-state index in [1.165, 1.54) is 0 Å². The molecule has 0 atom stereocenters. The summed E-state index contributed by atoms with van der Waals surface area (Å²) in [6.07, 6.45) is 0. The van der Waals surface area contributed by atoms with E-state index in [2.05, 4.69) is 108 Å². The number of para-hydroxylation sites is 3. The first kappa shape index (κ1) is 31.8. The number of benzene rings is 7. The summed E-state index contributed by atoms with van der Waals surface area (Å²) >= 11 is 1.66. The molecule has 0 amide bonds. The van der Waals surface area contributed by atoms with Gasteiger partial charge < -0.3 is 8.98 Å². The number of furan rings is 1. The van der Waals surface area contributed by atoms with Crippen LogP contribution >= 0.6 is 11.3 Å². The van der Waals surface area contributed by atoms with E-state index >= 15 is 0 Å². The zero-order chi connectivity index (χ0) is 37.5. The fourth-order valence-corrected chi connectivity index (χ4v) is 9.25. The van der Waals surface area contributed by atoms with Crippen molar-refractivity contribution in [2.75, 3.05) is 0 Å². The normalized spacial score (nSPS) is 11.9. The molecule has 0 aliphatic carbocycles. The van der Waals surface area contributed by atoms with Gasteiger partial charge in [-0.25, -0.2) is 24.9 Å². The minimum Gasteiger partial charge on any atom is -0.456 e. The highest BCUT2D eigenvalue weighted by Crippen LogP contribution is 2.42. The highest BCUT2D eigenvalue weighted by atomic mass is 32.1. The van der Waals surface area contributed by atoms with Crippen molar-refractivity contribution >= 4 is 75.4 Å². The predicted molar refractivity (Wildman–Crippen MR) is 232 cm³/mol. The third-order valence-corrected chi connectivity index (χ3v) is 11.9. The summed E-state index contributed by atoms with van der Waals surface area (Å²) in [5, 5.41) is 5.32. The summed E-state index contributed by atoms with van der Waals surface area (Å²) in [4.78, 5) is 26.3.